The van der Waals surface area contributed by atoms with Crippen molar-refractivity contribution in [3.8, 4) is 0 Å². The normalized spacial score (nSPS) is 11.8. The lowest BCUT2D eigenvalue weighted by Crippen LogP contribution is -2.29. The van der Waals surface area contributed by atoms with Crippen LogP contribution in [0.2, 0.25) is 0 Å². The van der Waals surface area contributed by atoms with Gasteiger partial charge in [0.15, 0.2) is 5.60 Å². The molecule has 120 valence electrons. The van der Waals surface area contributed by atoms with E-state index < -0.39 is 5.60 Å². The zero-order valence-electron chi connectivity index (χ0n) is 14.0. The van der Waals surface area contributed by atoms with Gasteiger partial charge in [-0.05, 0) is 36.1 Å². The number of aliphatic hydroxyl groups is 1. The fourth-order valence-corrected chi connectivity index (χ4v) is 2.87. The minimum absolute atomic E-state index is 0.797. The fourth-order valence-electron chi connectivity index (χ4n) is 2.87. The topological polar surface area (TPSA) is 32.6 Å². The van der Waals surface area contributed by atoms with Crippen molar-refractivity contribution >= 4 is 11.9 Å². The number of para-hydroxylation sites is 1. The van der Waals surface area contributed by atoms with Gasteiger partial charge in [-0.1, -0.05) is 78.9 Å². The highest BCUT2D eigenvalue weighted by molar-refractivity contribution is 5.80. The van der Waals surface area contributed by atoms with E-state index in [-0.39, 0.29) is 0 Å². The van der Waals surface area contributed by atoms with Crippen LogP contribution in [0.3, 0.4) is 0 Å². The third-order valence-corrected chi connectivity index (χ3v) is 4.25. The average Bonchev–Trinajstić information content (AvgIpc) is 2.62. The molecule has 0 radical (unpaired) electrons. The summed E-state index contributed by atoms with van der Waals surface area (Å²) in [5, 5.41) is 11.4. The van der Waals surface area contributed by atoms with E-state index in [1.165, 1.54) is 0 Å². The highest BCUT2D eigenvalue weighted by Gasteiger charge is 2.29. The van der Waals surface area contributed by atoms with E-state index in [9.17, 15) is 5.11 Å². The average molecular weight is 315 g/mol. The first-order chi connectivity index (χ1) is 11.6. The summed E-state index contributed by atoms with van der Waals surface area (Å²) in [4.78, 5) is 4.66. The summed E-state index contributed by atoms with van der Waals surface area (Å²) in [5.74, 6) is 0. The molecule has 0 spiro atoms. The molecule has 0 aromatic heterocycles. The van der Waals surface area contributed by atoms with Crippen LogP contribution in [0.15, 0.2) is 83.9 Å². The van der Waals surface area contributed by atoms with Crippen molar-refractivity contribution in [3.05, 3.63) is 101 Å². The van der Waals surface area contributed by atoms with Gasteiger partial charge in [0.1, 0.15) is 0 Å². The van der Waals surface area contributed by atoms with Gasteiger partial charge in [0, 0.05) is 6.21 Å². The van der Waals surface area contributed by atoms with Crippen LogP contribution in [-0.2, 0) is 5.60 Å². The Morgan fingerprint density at radius 3 is 1.62 bits per heavy atom. The lowest BCUT2D eigenvalue weighted by Gasteiger charge is -2.25. The van der Waals surface area contributed by atoms with E-state index in [0.717, 1.165) is 27.9 Å². The van der Waals surface area contributed by atoms with Crippen LogP contribution in [0.4, 0.5) is 5.69 Å². The van der Waals surface area contributed by atoms with Gasteiger partial charge in [0.2, 0.25) is 0 Å². The molecule has 2 heteroatoms. The monoisotopic (exact) mass is 315 g/mol. The molecular weight excluding hydrogens is 294 g/mol. The summed E-state index contributed by atoms with van der Waals surface area (Å²) in [6, 6.07) is 25.4. The lowest BCUT2D eigenvalue weighted by atomic mass is 9.87. The molecule has 0 unspecified atom stereocenters. The van der Waals surface area contributed by atoms with Gasteiger partial charge in [0.25, 0.3) is 0 Å². The molecule has 0 amide bonds. The molecule has 3 aromatic carbocycles. The number of nitrogens with zero attached hydrogens (tertiary/aromatic N) is 1. The summed E-state index contributed by atoms with van der Waals surface area (Å²) in [7, 11) is 0. The van der Waals surface area contributed by atoms with Crippen molar-refractivity contribution in [2.45, 2.75) is 19.4 Å². The molecule has 2 nitrogen and oxygen atoms in total. The first kappa shape index (κ1) is 16.2. The van der Waals surface area contributed by atoms with Crippen molar-refractivity contribution in [3.63, 3.8) is 0 Å². The number of rotatable bonds is 4. The molecule has 24 heavy (non-hydrogen) atoms. The number of benzene rings is 3. The number of aliphatic imine (C=N–C) groups is 1. The predicted molar refractivity (Wildman–Crippen MR) is 100.0 cm³/mol. The smallest absolute Gasteiger partial charge is 0.150 e. The highest BCUT2D eigenvalue weighted by atomic mass is 16.3. The number of aryl methyl sites for hydroxylation is 2. The van der Waals surface area contributed by atoms with Crippen LogP contribution in [0.25, 0.3) is 0 Å². The predicted octanol–water partition coefficient (Wildman–Crippen LogP) is 4.94. The molecule has 3 aromatic rings. The van der Waals surface area contributed by atoms with Crippen LogP contribution >= 0.6 is 0 Å². The van der Waals surface area contributed by atoms with Crippen LogP contribution in [0.1, 0.15) is 22.3 Å². The minimum Gasteiger partial charge on any atom is -0.375 e. The second kappa shape index (κ2) is 6.81. The Kier molecular flexibility index (Phi) is 4.59. The van der Waals surface area contributed by atoms with Gasteiger partial charge in [-0.3, -0.25) is 4.99 Å². The zero-order chi connectivity index (χ0) is 17.0. The van der Waals surface area contributed by atoms with E-state index in [0.29, 0.717) is 0 Å². The van der Waals surface area contributed by atoms with Crippen LogP contribution in [0, 0.1) is 13.8 Å². The quantitative estimate of drug-likeness (QED) is 0.679. The maximum Gasteiger partial charge on any atom is 0.150 e. The fraction of sp³-hybridized carbons (Fsp3) is 0.136. The third kappa shape index (κ3) is 3.15. The number of hydrogen-bond acceptors (Lipinski definition) is 2. The van der Waals surface area contributed by atoms with Crippen molar-refractivity contribution in [2.75, 3.05) is 0 Å². The Morgan fingerprint density at radius 1 is 0.708 bits per heavy atom. The van der Waals surface area contributed by atoms with E-state index in [1.54, 1.807) is 6.21 Å². The molecule has 0 saturated carbocycles. The minimum atomic E-state index is -1.27. The third-order valence-electron chi connectivity index (χ3n) is 4.25. The molecule has 0 fully saturated rings. The van der Waals surface area contributed by atoms with Gasteiger partial charge in [-0.15, -0.1) is 0 Å². The second-order valence-corrected chi connectivity index (χ2v) is 6.00. The molecule has 0 aliphatic rings. The van der Waals surface area contributed by atoms with Crippen LogP contribution in [0.5, 0.6) is 0 Å². The van der Waals surface area contributed by atoms with Gasteiger partial charge in [0.05, 0.1) is 5.69 Å². The van der Waals surface area contributed by atoms with Crippen LogP contribution < -0.4 is 0 Å². The molecule has 0 aliphatic heterocycles. The van der Waals surface area contributed by atoms with Crippen molar-refractivity contribution in [1.82, 2.24) is 0 Å². The Bertz CT molecular complexity index is 779. The first-order valence-electron chi connectivity index (χ1n) is 8.06. The summed E-state index contributed by atoms with van der Waals surface area (Å²) < 4.78 is 0. The largest absolute Gasteiger partial charge is 0.375 e. The van der Waals surface area contributed by atoms with E-state index in [2.05, 4.69) is 4.99 Å². The summed E-state index contributed by atoms with van der Waals surface area (Å²) in [5.41, 5.74) is 3.42. The molecule has 0 saturated heterocycles. The molecule has 3 rings (SSSR count). The Morgan fingerprint density at radius 2 is 1.17 bits per heavy atom. The highest BCUT2D eigenvalue weighted by Crippen LogP contribution is 2.30. The SMILES string of the molecule is Cc1cccc(C)c1N=CC(O)(c1ccccc1)c1ccccc1. The van der Waals surface area contributed by atoms with Crippen molar-refractivity contribution in [2.24, 2.45) is 4.99 Å². The molecule has 0 atom stereocenters. The standard InChI is InChI=1S/C22H21NO/c1-17-10-9-11-18(2)21(17)23-16-22(24,19-12-5-3-6-13-19)20-14-7-4-8-15-20/h3-16,24H,1-2H3. The van der Waals surface area contributed by atoms with Crippen molar-refractivity contribution in [1.29, 1.82) is 0 Å². The van der Waals surface area contributed by atoms with Gasteiger partial charge >= 0.3 is 0 Å². The van der Waals surface area contributed by atoms with Gasteiger partial charge in [-0.25, -0.2) is 0 Å². The maximum absolute atomic E-state index is 11.4. The summed E-state index contributed by atoms with van der Waals surface area (Å²) in [6.45, 7) is 4.06. The van der Waals surface area contributed by atoms with Crippen molar-refractivity contribution < 1.29 is 5.11 Å². The van der Waals surface area contributed by atoms with E-state index in [4.69, 9.17) is 0 Å². The lowest BCUT2D eigenvalue weighted by molar-refractivity contribution is 0.161. The summed E-state index contributed by atoms with van der Waals surface area (Å²) in [6.07, 6.45) is 1.65. The molecule has 0 heterocycles. The maximum atomic E-state index is 11.4. The molecular formula is C22H21NO. The Hall–Kier alpha value is -2.71. The summed E-state index contributed by atoms with van der Waals surface area (Å²) >= 11 is 0. The molecule has 1 N–H and O–H groups in total. The molecule has 0 aliphatic carbocycles. The number of hydrogen-bond donors (Lipinski definition) is 1. The Balaban J connectivity index is 2.11. The van der Waals surface area contributed by atoms with Gasteiger partial charge < -0.3 is 5.11 Å². The van der Waals surface area contributed by atoms with E-state index in [1.807, 2.05) is 92.7 Å². The van der Waals surface area contributed by atoms with Gasteiger partial charge in [-0.2, -0.15) is 0 Å². The Labute approximate surface area is 143 Å². The zero-order valence-corrected chi connectivity index (χ0v) is 14.0. The molecule has 0 bridgehead atoms. The van der Waals surface area contributed by atoms with E-state index >= 15 is 0 Å². The van der Waals surface area contributed by atoms with Crippen LogP contribution in [-0.4, -0.2) is 11.3 Å². The first-order valence-corrected chi connectivity index (χ1v) is 8.06. The second-order valence-electron chi connectivity index (χ2n) is 6.00.